The van der Waals surface area contributed by atoms with Crippen molar-refractivity contribution in [2.45, 2.75) is 12.8 Å². The van der Waals surface area contributed by atoms with Crippen molar-refractivity contribution in [3.8, 4) is 11.5 Å². The molecule has 0 fully saturated rings. The monoisotopic (exact) mass is 241 g/mol. The molecule has 0 unspecified atom stereocenters. The molecule has 0 atom stereocenters. The molecule has 2 aromatic rings. The van der Waals surface area contributed by atoms with Crippen LogP contribution >= 0.6 is 0 Å². The Hall–Kier alpha value is -2.16. The Kier molecular flexibility index (Phi) is 2.59. The average molecular weight is 241 g/mol. The Bertz CT molecular complexity index is 563. The third kappa shape index (κ3) is 1.88. The highest BCUT2D eigenvalue weighted by Crippen LogP contribution is 2.35. The van der Waals surface area contributed by atoms with Gasteiger partial charge in [0.2, 0.25) is 0 Å². The van der Waals surface area contributed by atoms with E-state index >= 15 is 0 Å². The molecule has 3 heteroatoms. The maximum atomic E-state index is 9.63. The third-order valence-electron chi connectivity index (χ3n) is 3.35. The standard InChI is InChI=1S/C15H15NO2/c17-13-7-4-12(5-8-13)16-9-1-2-11-3-6-14(18)10-15(11)16/h3-8,10,17-18H,1-2,9H2. The fourth-order valence-electron chi connectivity index (χ4n) is 2.46. The van der Waals surface area contributed by atoms with Gasteiger partial charge in [-0.2, -0.15) is 0 Å². The van der Waals surface area contributed by atoms with E-state index in [1.54, 1.807) is 24.3 Å². The van der Waals surface area contributed by atoms with E-state index in [2.05, 4.69) is 4.90 Å². The average Bonchev–Trinajstić information content (AvgIpc) is 2.39. The van der Waals surface area contributed by atoms with Crippen molar-refractivity contribution in [1.82, 2.24) is 0 Å². The normalized spacial score (nSPS) is 14.3. The Labute approximate surface area is 106 Å². The Morgan fingerprint density at radius 1 is 0.889 bits per heavy atom. The number of aryl methyl sites for hydroxylation is 1. The number of rotatable bonds is 1. The van der Waals surface area contributed by atoms with Crippen molar-refractivity contribution in [2.75, 3.05) is 11.4 Å². The summed E-state index contributed by atoms with van der Waals surface area (Å²) in [7, 11) is 0. The van der Waals surface area contributed by atoms with Gasteiger partial charge >= 0.3 is 0 Å². The predicted octanol–water partition coefficient (Wildman–Crippen LogP) is 3.18. The SMILES string of the molecule is Oc1ccc(N2CCCc3ccc(O)cc32)cc1. The van der Waals surface area contributed by atoms with Crippen LogP contribution in [0, 0.1) is 0 Å². The molecule has 0 aromatic heterocycles. The van der Waals surface area contributed by atoms with E-state index in [1.807, 2.05) is 18.2 Å². The van der Waals surface area contributed by atoms with E-state index in [9.17, 15) is 10.2 Å². The van der Waals surface area contributed by atoms with Gasteiger partial charge in [0.15, 0.2) is 0 Å². The van der Waals surface area contributed by atoms with Crippen LogP contribution in [-0.2, 0) is 6.42 Å². The Morgan fingerprint density at radius 3 is 2.39 bits per heavy atom. The summed E-state index contributed by atoms with van der Waals surface area (Å²) in [5.74, 6) is 0.561. The third-order valence-corrected chi connectivity index (χ3v) is 3.35. The van der Waals surface area contributed by atoms with E-state index in [-0.39, 0.29) is 5.75 Å². The molecule has 1 heterocycles. The van der Waals surface area contributed by atoms with Crippen LogP contribution in [0.4, 0.5) is 11.4 Å². The van der Waals surface area contributed by atoms with E-state index in [1.165, 1.54) is 5.56 Å². The first-order valence-corrected chi connectivity index (χ1v) is 6.12. The second-order valence-electron chi connectivity index (χ2n) is 4.58. The van der Waals surface area contributed by atoms with Crippen LogP contribution in [0.1, 0.15) is 12.0 Å². The zero-order valence-electron chi connectivity index (χ0n) is 10.0. The lowest BCUT2D eigenvalue weighted by atomic mass is 10.0. The first-order valence-electron chi connectivity index (χ1n) is 6.12. The van der Waals surface area contributed by atoms with Crippen molar-refractivity contribution >= 4 is 11.4 Å². The highest BCUT2D eigenvalue weighted by Gasteiger charge is 2.18. The maximum Gasteiger partial charge on any atom is 0.117 e. The van der Waals surface area contributed by atoms with Gasteiger partial charge in [-0.05, 0) is 48.7 Å². The molecular formula is C15H15NO2. The van der Waals surface area contributed by atoms with E-state index in [4.69, 9.17) is 0 Å². The molecule has 18 heavy (non-hydrogen) atoms. The molecule has 1 aliphatic rings. The van der Waals surface area contributed by atoms with Gasteiger partial charge in [-0.25, -0.2) is 0 Å². The molecule has 0 bridgehead atoms. The molecule has 92 valence electrons. The van der Waals surface area contributed by atoms with Gasteiger partial charge in [-0.1, -0.05) is 6.07 Å². The first-order chi connectivity index (χ1) is 8.74. The molecule has 0 aliphatic carbocycles. The largest absolute Gasteiger partial charge is 0.508 e. The molecule has 1 aliphatic heterocycles. The van der Waals surface area contributed by atoms with Gasteiger partial charge in [0.25, 0.3) is 0 Å². The lowest BCUT2D eigenvalue weighted by Gasteiger charge is -2.31. The topological polar surface area (TPSA) is 43.7 Å². The zero-order chi connectivity index (χ0) is 12.5. The minimum atomic E-state index is 0.270. The Morgan fingerprint density at radius 2 is 1.61 bits per heavy atom. The summed E-state index contributed by atoms with van der Waals surface area (Å²) in [6.07, 6.45) is 2.14. The van der Waals surface area contributed by atoms with Crippen LogP contribution in [0.25, 0.3) is 0 Å². The van der Waals surface area contributed by atoms with Gasteiger partial charge < -0.3 is 15.1 Å². The summed E-state index contributed by atoms with van der Waals surface area (Å²) in [6.45, 7) is 0.932. The number of aromatic hydroxyl groups is 2. The van der Waals surface area contributed by atoms with Crippen molar-refractivity contribution in [3.05, 3.63) is 48.0 Å². The van der Waals surface area contributed by atoms with Gasteiger partial charge in [0.05, 0.1) is 0 Å². The molecule has 0 amide bonds. The predicted molar refractivity (Wildman–Crippen MR) is 71.5 cm³/mol. The second kappa shape index (κ2) is 4.26. The van der Waals surface area contributed by atoms with Gasteiger partial charge in [0.1, 0.15) is 11.5 Å². The lowest BCUT2D eigenvalue weighted by Crippen LogP contribution is -2.24. The smallest absolute Gasteiger partial charge is 0.117 e. The van der Waals surface area contributed by atoms with Crippen molar-refractivity contribution in [2.24, 2.45) is 0 Å². The van der Waals surface area contributed by atoms with Crippen molar-refractivity contribution in [3.63, 3.8) is 0 Å². The van der Waals surface area contributed by atoms with Crippen LogP contribution in [-0.4, -0.2) is 16.8 Å². The van der Waals surface area contributed by atoms with Gasteiger partial charge in [-0.15, -0.1) is 0 Å². The van der Waals surface area contributed by atoms with Crippen LogP contribution in [0.15, 0.2) is 42.5 Å². The van der Waals surface area contributed by atoms with Crippen LogP contribution in [0.2, 0.25) is 0 Å². The minimum absolute atomic E-state index is 0.270. The summed E-state index contributed by atoms with van der Waals surface area (Å²) in [5.41, 5.74) is 3.36. The molecule has 2 aromatic carbocycles. The van der Waals surface area contributed by atoms with Crippen LogP contribution in [0.3, 0.4) is 0 Å². The van der Waals surface area contributed by atoms with Crippen LogP contribution in [0.5, 0.6) is 11.5 Å². The number of hydrogen-bond donors (Lipinski definition) is 2. The maximum absolute atomic E-state index is 9.63. The molecule has 3 nitrogen and oxygen atoms in total. The summed E-state index contributed by atoms with van der Waals surface area (Å²) < 4.78 is 0. The summed E-state index contributed by atoms with van der Waals surface area (Å²) in [5, 5.41) is 19.0. The molecule has 0 saturated heterocycles. The number of hydrogen-bond acceptors (Lipinski definition) is 3. The summed E-state index contributed by atoms with van der Waals surface area (Å²) in [6, 6.07) is 12.7. The highest BCUT2D eigenvalue weighted by atomic mass is 16.3. The van der Waals surface area contributed by atoms with Gasteiger partial charge in [-0.3, -0.25) is 0 Å². The highest BCUT2D eigenvalue weighted by molar-refractivity contribution is 5.69. The number of phenolic OH excluding ortho intramolecular Hbond substituents is 2. The fraction of sp³-hybridized carbons (Fsp3) is 0.200. The molecule has 0 saturated carbocycles. The number of phenols is 2. The van der Waals surface area contributed by atoms with Crippen LogP contribution < -0.4 is 4.90 Å². The molecule has 2 N–H and O–H groups in total. The number of nitrogens with zero attached hydrogens (tertiary/aromatic N) is 1. The first kappa shape index (κ1) is 11.0. The minimum Gasteiger partial charge on any atom is -0.508 e. The molecule has 0 radical (unpaired) electrons. The number of benzene rings is 2. The lowest BCUT2D eigenvalue weighted by molar-refractivity contribution is 0.474. The molecule has 0 spiro atoms. The van der Waals surface area contributed by atoms with E-state index < -0.39 is 0 Å². The second-order valence-corrected chi connectivity index (χ2v) is 4.58. The quantitative estimate of drug-likeness (QED) is 0.806. The fourth-order valence-corrected chi connectivity index (χ4v) is 2.46. The summed E-state index contributed by atoms with van der Waals surface area (Å²) >= 11 is 0. The molecule has 3 rings (SSSR count). The summed E-state index contributed by atoms with van der Waals surface area (Å²) in [4.78, 5) is 2.18. The zero-order valence-corrected chi connectivity index (χ0v) is 10.0. The Balaban J connectivity index is 2.05. The number of anilines is 2. The molecular weight excluding hydrogens is 226 g/mol. The van der Waals surface area contributed by atoms with Crippen molar-refractivity contribution in [1.29, 1.82) is 0 Å². The van der Waals surface area contributed by atoms with E-state index in [0.717, 1.165) is 30.8 Å². The van der Waals surface area contributed by atoms with Gasteiger partial charge in [0, 0.05) is 24.0 Å². The number of fused-ring (bicyclic) bond motifs is 1. The van der Waals surface area contributed by atoms with E-state index in [0.29, 0.717) is 5.75 Å². The van der Waals surface area contributed by atoms with Crippen molar-refractivity contribution < 1.29 is 10.2 Å².